The Morgan fingerprint density at radius 3 is 2.05 bits per heavy atom. The minimum absolute atomic E-state index is 0.522. The lowest BCUT2D eigenvalue weighted by Gasteiger charge is -2.29. The smallest absolute Gasteiger partial charge is 0.0348 e. The molecule has 1 aromatic carbocycles. The average molecular weight is 275 g/mol. The molecule has 1 unspecified atom stereocenters. The van der Waals surface area contributed by atoms with Crippen molar-refractivity contribution in [1.82, 2.24) is 5.32 Å². The van der Waals surface area contributed by atoms with Gasteiger partial charge in [-0.05, 0) is 62.3 Å². The molecule has 0 aliphatic heterocycles. The van der Waals surface area contributed by atoms with E-state index in [1.165, 1.54) is 48.8 Å². The van der Waals surface area contributed by atoms with Crippen molar-refractivity contribution < 1.29 is 0 Å². The zero-order valence-corrected chi connectivity index (χ0v) is 14.1. The van der Waals surface area contributed by atoms with Crippen molar-refractivity contribution >= 4 is 0 Å². The van der Waals surface area contributed by atoms with Crippen LogP contribution in [0.5, 0.6) is 0 Å². The summed E-state index contributed by atoms with van der Waals surface area (Å²) in [4.78, 5) is 0. The van der Waals surface area contributed by atoms with Gasteiger partial charge in [-0.3, -0.25) is 0 Å². The first kappa shape index (κ1) is 17.2. The first-order valence-corrected chi connectivity index (χ1v) is 8.44. The van der Waals surface area contributed by atoms with Crippen LogP contribution >= 0.6 is 0 Å². The number of hydrogen-bond acceptors (Lipinski definition) is 1. The van der Waals surface area contributed by atoms with Gasteiger partial charge in [-0.1, -0.05) is 51.8 Å². The average Bonchev–Trinajstić information content (AvgIpc) is 2.43. The lowest BCUT2D eigenvalue weighted by atomic mass is 9.85. The van der Waals surface area contributed by atoms with Gasteiger partial charge in [-0.25, -0.2) is 0 Å². The van der Waals surface area contributed by atoms with Crippen LogP contribution in [0, 0.1) is 19.8 Å². The summed E-state index contributed by atoms with van der Waals surface area (Å²) >= 11 is 0. The van der Waals surface area contributed by atoms with Crippen molar-refractivity contribution in [1.29, 1.82) is 0 Å². The van der Waals surface area contributed by atoms with Crippen LogP contribution in [-0.4, -0.2) is 6.54 Å². The fraction of sp³-hybridized carbons (Fsp3) is 0.684. The number of aryl methyl sites for hydroxylation is 2. The molecule has 1 heteroatoms. The molecule has 1 nitrogen and oxygen atoms in total. The van der Waals surface area contributed by atoms with Gasteiger partial charge in [0, 0.05) is 6.04 Å². The Morgan fingerprint density at radius 1 is 0.900 bits per heavy atom. The summed E-state index contributed by atoms with van der Waals surface area (Å²) in [6, 6.07) is 7.52. The van der Waals surface area contributed by atoms with E-state index in [0.717, 1.165) is 12.5 Å². The predicted octanol–water partition coefficient (Wildman–Crippen LogP) is 5.56. The fourth-order valence-electron chi connectivity index (χ4n) is 3.03. The van der Waals surface area contributed by atoms with Gasteiger partial charge in [-0.2, -0.15) is 0 Å². The molecule has 0 aliphatic carbocycles. The molecular formula is C19H33N. The van der Waals surface area contributed by atoms with E-state index in [9.17, 15) is 0 Å². The molecule has 0 spiro atoms. The number of hydrogen-bond donors (Lipinski definition) is 1. The molecule has 0 saturated heterocycles. The van der Waals surface area contributed by atoms with Crippen LogP contribution in [0.1, 0.15) is 75.6 Å². The highest BCUT2D eigenvalue weighted by Gasteiger charge is 2.21. The van der Waals surface area contributed by atoms with Crippen molar-refractivity contribution in [3.63, 3.8) is 0 Å². The lowest BCUT2D eigenvalue weighted by molar-refractivity contribution is 0.316. The van der Waals surface area contributed by atoms with Gasteiger partial charge in [0.15, 0.2) is 0 Å². The molecule has 0 heterocycles. The zero-order chi connectivity index (χ0) is 15.0. The quantitative estimate of drug-likeness (QED) is 0.622. The van der Waals surface area contributed by atoms with Gasteiger partial charge in [0.1, 0.15) is 0 Å². The van der Waals surface area contributed by atoms with Gasteiger partial charge >= 0.3 is 0 Å². The second-order valence-electron chi connectivity index (χ2n) is 6.11. The standard InChI is InChI=1S/C19H33N/c1-6-9-17(10-7-2)19(20-13-8-3)18-12-11-15(4)16(5)14-18/h11-12,14,17,19-20H,6-10,13H2,1-5H3. The van der Waals surface area contributed by atoms with Gasteiger partial charge in [0.2, 0.25) is 0 Å². The van der Waals surface area contributed by atoms with Crippen molar-refractivity contribution in [3.05, 3.63) is 34.9 Å². The Kier molecular flexibility index (Phi) is 7.91. The van der Waals surface area contributed by atoms with E-state index in [4.69, 9.17) is 0 Å². The summed E-state index contributed by atoms with van der Waals surface area (Å²) in [5.74, 6) is 0.763. The van der Waals surface area contributed by atoms with Crippen molar-refractivity contribution in [2.45, 2.75) is 72.8 Å². The molecule has 0 fully saturated rings. The maximum atomic E-state index is 3.80. The Balaban J connectivity index is 2.98. The maximum absolute atomic E-state index is 3.80. The molecule has 1 N–H and O–H groups in total. The third kappa shape index (κ3) is 4.94. The fourth-order valence-corrected chi connectivity index (χ4v) is 3.03. The first-order chi connectivity index (χ1) is 9.63. The highest BCUT2D eigenvalue weighted by Crippen LogP contribution is 2.30. The van der Waals surface area contributed by atoms with E-state index in [1.807, 2.05) is 0 Å². The molecule has 114 valence electrons. The summed E-state index contributed by atoms with van der Waals surface area (Å²) in [7, 11) is 0. The molecule has 20 heavy (non-hydrogen) atoms. The molecule has 0 radical (unpaired) electrons. The number of nitrogens with one attached hydrogen (secondary N) is 1. The second kappa shape index (κ2) is 9.18. The highest BCUT2D eigenvalue weighted by molar-refractivity contribution is 5.32. The van der Waals surface area contributed by atoms with E-state index >= 15 is 0 Å². The third-order valence-electron chi connectivity index (χ3n) is 4.29. The summed E-state index contributed by atoms with van der Waals surface area (Å²) in [6.07, 6.45) is 6.40. The normalized spacial score (nSPS) is 12.9. The Labute approximate surface area is 126 Å². The summed E-state index contributed by atoms with van der Waals surface area (Å²) in [5, 5.41) is 3.80. The molecule has 0 aromatic heterocycles. The van der Waals surface area contributed by atoms with Crippen LogP contribution < -0.4 is 5.32 Å². The van der Waals surface area contributed by atoms with Gasteiger partial charge < -0.3 is 5.32 Å². The monoisotopic (exact) mass is 275 g/mol. The predicted molar refractivity (Wildman–Crippen MR) is 90.3 cm³/mol. The molecular weight excluding hydrogens is 242 g/mol. The molecule has 1 aromatic rings. The molecule has 0 amide bonds. The second-order valence-corrected chi connectivity index (χ2v) is 6.11. The van der Waals surface area contributed by atoms with Crippen LogP contribution in [0.3, 0.4) is 0 Å². The van der Waals surface area contributed by atoms with Crippen molar-refractivity contribution in [2.75, 3.05) is 6.54 Å². The van der Waals surface area contributed by atoms with Crippen LogP contribution in [0.15, 0.2) is 18.2 Å². The van der Waals surface area contributed by atoms with E-state index < -0.39 is 0 Å². The molecule has 0 saturated carbocycles. The molecule has 1 atom stereocenters. The third-order valence-corrected chi connectivity index (χ3v) is 4.29. The largest absolute Gasteiger partial charge is 0.310 e. The highest BCUT2D eigenvalue weighted by atomic mass is 14.9. The van der Waals surface area contributed by atoms with E-state index in [2.05, 4.69) is 58.1 Å². The minimum Gasteiger partial charge on any atom is -0.310 e. The molecule has 0 bridgehead atoms. The molecule has 1 rings (SSSR count). The number of benzene rings is 1. The van der Waals surface area contributed by atoms with Crippen LogP contribution in [-0.2, 0) is 0 Å². The number of rotatable bonds is 9. The van der Waals surface area contributed by atoms with Crippen molar-refractivity contribution in [3.8, 4) is 0 Å². The summed E-state index contributed by atoms with van der Waals surface area (Å²) in [5.41, 5.74) is 4.29. The maximum Gasteiger partial charge on any atom is 0.0348 e. The Bertz CT molecular complexity index is 377. The summed E-state index contributed by atoms with van der Waals surface area (Å²) < 4.78 is 0. The van der Waals surface area contributed by atoms with Gasteiger partial charge in [-0.15, -0.1) is 0 Å². The zero-order valence-electron chi connectivity index (χ0n) is 14.1. The topological polar surface area (TPSA) is 12.0 Å². The van der Waals surface area contributed by atoms with Gasteiger partial charge in [0.25, 0.3) is 0 Å². The van der Waals surface area contributed by atoms with Crippen molar-refractivity contribution in [2.24, 2.45) is 5.92 Å². The Hall–Kier alpha value is -0.820. The SMILES string of the molecule is CCCNC(c1ccc(C)c(C)c1)C(CCC)CCC. The van der Waals surface area contributed by atoms with Gasteiger partial charge in [0.05, 0.1) is 0 Å². The lowest BCUT2D eigenvalue weighted by Crippen LogP contribution is -2.29. The first-order valence-electron chi connectivity index (χ1n) is 8.44. The van der Waals surface area contributed by atoms with Crippen LogP contribution in [0.4, 0.5) is 0 Å². The summed E-state index contributed by atoms with van der Waals surface area (Å²) in [6.45, 7) is 12.4. The van der Waals surface area contributed by atoms with E-state index in [1.54, 1.807) is 0 Å². The minimum atomic E-state index is 0.522. The van der Waals surface area contributed by atoms with E-state index in [0.29, 0.717) is 6.04 Å². The van der Waals surface area contributed by atoms with Crippen LogP contribution in [0.2, 0.25) is 0 Å². The van der Waals surface area contributed by atoms with Crippen LogP contribution in [0.25, 0.3) is 0 Å². The Morgan fingerprint density at radius 2 is 1.55 bits per heavy atom. The molecule has 0 aliphatic rings. The van der Waals surface area contributed by atoms with E-state index in [-0.39, 0.29) is 0 Å².